The summed E-state index contributed by atoms with van der Waals surface area (Å²) in [4.78, 5) is 14.7. The summed E-state index contributed by atoms with van der Waals surface area (Å²) in [6.07, 6.45) is 1.36. The molecule has 0 aliphatic carbocycles. The van der Waals surface area contributed by atoms with E-state index in [1.807, 2.05) is 13.0 Å². The first-order valence-electron chi connectivity index (χ1n) is 6.00. The number of pyridine rings is 1. The molecule has 20 heavy (non-hydrogen) atoms. The first-order chi connectivity index (χ1) is 9.56. The molecule has 0 saturated heterocycles. The molecule has 0 atom stereocenters. The maximum absolute atomic E-state index is 10.6. The third kappa shape index (κ3) is 2.44. The van der Waals surface area contributed by atoms with Crippen LogP contribution in [0.25, 0.3) is 11.3 Å². The van der Waals surface area contributed by atoms with E-state index in [9.17, 15) is 4.79 Å². The van der Waals surface area contributed by atoms with Gasteiger partial charge >= 0.3 is 5.97 Å². The van der Waals surface area contributed by atoms with E-state index in [1.165, 1.54) is 6.20 Å². The Bertz CT molecular complexity index is 682. The third-order valence-corrected chi connectivity index (χ3v) is 2.83. The molecule has 2 aromatic heterocycles. The Morgan fingerprint density at radius 3 is 2.80 bits per heavy atom. The normalized spacial score (nSPS) is 10.2. The predicted molar refractivity (Wildman–Crippen MR) is 71.6 cm³/mol. The van der Waals surface area contributed by atoms with Crippen LogP contribution in [0.2, 0.25) is 0 Å². The fraction of sp³-hybridized carbons (Fsp3) is 0.231. The molecule has 3 N–H and O–H groups in total. The number of aryl methyl sites for hydroxylation is 1. The lowest BCUT2D eigenvalue weighted by Crippen LogP contribution is -2.02. The van der Waals surface area contributed by atoms with Gasteiger partial charge in [-0.15, -0.1) is 0 Å². The van der Waals surface area contributed by atoms with Gasteiger partial charge in [-0.25, -0.2) is 4.68 Å². The molecule has 0 amide bonds. The first kappa shape index (κ1) is 13.5. The van der Waals surface area contributed by atoms with Gasteiger partial charge in [0.15, 0.2) is 0 Å². The number of nitrogen functional groups attached to an aromatic ring is 1. The monoisotopic (exact) mass is 271 g/mol. The van der Waals surface area contributed by atoms with Crippen LogP contribution < -0.4 is 5.73 Å². The molecular weight excluding hydrogens is 258 g/mol. The molecule has 0 aliphatic rings. The van der Waals surface area contributed by atoms with E-state index in [-0.39, 0.29) is 6.42 Å². The summed E-state index contributed by atoms with van der Waals surface area (Å²) >= 11 is 0. The molecule has 0 unspecified atom stereocenters. The number of carboxylic acid groups (broad SMARTS) is 1. The number of hydrogen-bond donors (Lipinski definition) is 2. The average Bonchev–Trinajstić information content (AvgIpc) is 2.75. The highest BCUT2D eigenvalue weighted by Crippen LogP contribution is 2.26. The summed E-state index contributed by atoms with van der Waals surface area (Å²) in [7, 11) is 0. The van der Waals surface area contributed by atoms with E-state index >= 15 is 0 Å². The summed E-state index contributed by atoms with van der Waals surface area (Å²) < 4.78 is 1.54. The minimum Gasteiger partial charge on any atom is -0.481 e. The van der Waals surface area contributed by atoms with Crippen molar-refractivity contribution in [3.63, 3.8) is 0 Å². The molecule has 0 saturated carbocycles. The number of nitrogens with two attached hydrogens (primary N) is 1. The van der Waals surface area contributed by atoms with Crippen molar-refractivity contribution in [2.75, 3.05) is 5.73 Å². The Kier molecular flexibility index (Phi) is 3.66. The molecule has 0 radical (unpaired) electrons. The molecule has 2 heterocycles. The van der Waals surface area contributed by atoms with Gasteiger partial charge < -0.3 is 10.8 Å². The predicted octanol–water partition coefficient (Wildman–Crippen LogP) is 1.05. The molecular formula is C13H13N5O2. The molecule has 102 valence electrons. The largest absolute Gasteiger partial charge is 0.481 e. The van der Waals surface area contributed by atoms with Crippen molar-refractivity contribution in [2.45, 2.75) is 19.9 Å². The van der Waals surface area contributed by atoms with Crippen molar-refractivity contribution in [3.05, 3.63) is 29.6 Å². The van der Waals surface area contributed by atoms with Crippen LogP contribution >= 0.6 is 0 Å². The molecule has 0 fully saturated rings. The van der Waals surface area contributed by atoms with E-state index in [4.69, 9.17) is 16.1 Å². The zero-order valence-electron chi connectivity index (χ0n) is 10.9. The van der Waals surface area contributed by atoms with E-state index in [0.717, 1.165) is 0 Å². The summed E-state index contributed by atoms with van der Waals surface area (Å²) in [5.41, 5.74) is 7.68. The van der Waals surface area contributed by atoms with Crippen molar-refractivity contribution < 1.29 is 9.90 Å². The summed E-state index contributed by atoms with van der Waals surface area (Å²) in [5.74, 6) is -0.623. The van der Waals surface area contributed by atoms with Crippen LogP contribution in [0.15, 0.2) is 18.3 Å². The van der Waals surface area contributed by atoms with Crippen molar-refractivity contribution in [3.8, 4) is 17.3 Å². The summed E-state index contributed by atoms with van der Waals surface area (Å²) in [6.45, 7) is 2.44. The number of anilines is 1. The van der Waals surface area contributed by atoms with Gasteiger partial charge in [0.05, 0.1) is 12.1 Å². The van der Waals surface area contributed by atoms with Crippen LogP contribution in [-0.2, 0) is 17.8 Å². The smallest absolute Gasteiger partial charge is 0.309 e. The standard InChI is InChI=1S/C13H13N5O2/c1-2-18-13(15)10(6-14)12(17-18)8-3-4-9(16-7-8)5-11(19)20/h3-4,7H,2,5,15H2,1H3,(H,19,20). The van der Waals surface area contributed by atoms with Crippen LogP contribution in [0.4, 0.5) is 5.82 Å². The number of nitrogens with zero attached hydrogens (tertiary/aromatic N) is 4. The lowest BCUT2D eigenvalue weighted by Gasteiger charge is -1.99. The molecule has 2 rings (SSSR count). The zero-order valence-corrected chi connectivity index (χ0v) is 10.9. The van der Waals surface area contributed by atoms with Crippen molar-refractivity contribution in [1.82, 2.24) is 14.8 Å². The quantitative estimate of drug-likeness (QED) is 0.857. The maximum atomic E-state index is 10.6. The highest BCUT2D eigenvalue weighted by molar-refractivity contribution is 5.73. The Hall–Kier alpha value is -2.88. The van der Waals surface area contributed by atoms with E-state index in [2.05, 4.69) is 10.1 Å². The van der Waals surface area contributed by atoms with Crippen molar-refractivity contribution in [2.24, 2.45) is 0 Å². The third-order valence-electron chi connectivity index (χ3n) is 2.83. The number of hydrogen-bond acceptors (Lipinski definition) is 5. The van der Waals surface area contributed by atoms with Gasteiger partial charge in [0, 0.05) is 18.3 Å². The second kappa shape index (κ2) is 5.40. The highest BCUT2D eigenvalue weighted by Gasteiger charge is 2.16. The Morgan fingerprint density at radius 1 is 1.55 bits per heavy atom. The minimum atomic E-state index is -0.942. The van der Waals surface area contributed by atoms with E-state index in [1.54, 1.807) is 16.8 Å². The molecule has 0 aromatic carbocycles. The fourth-order valence-corrected chi connectivity index (χ4v) is 1.85. The van der Waals surface area contributed by atoms with Crippen LogP contribution in [0.3, 0.4) is 0 Å². The van der Waals surface area contributed by atoms with E-state index in [0.29, 0.717) is 34.9 Å². The molecule has 0 spiro atoms. The van der Waals surface area contributed by atoms with Crippen LogP contribution in [0.1, 0.15) is 18.2 Å². The van der Waals surface area contributed by atoms with E-state index < -0.39 is 5.97 Å². The lowest BCUT2D eigenvalue weighted by atomic mass is 10.1. The van der Waals surface area contributed by atoms with Crippen LogP contribution in [-0.4, -0.2) is 25.8 Å². The number of carbonyl (C=O) groups is 1. The summed E-state index contributed by atoms with van der Waals surface area (Å²) in [5, 5.41) is 22.1. The molecule has 7 nitrogen and oxygen atoms in total. The lowest BCUT2D eigenvalue weighted by molar-refractivity contribution is -0.136. The Labute approximate surface area is 115 Å². The SMILES string of the molecule is CCn1nc(-c2ccc(CC(=O)O)nc2)c(C#N)c1N. The average molecular weight is 271 g/mol. The van der Waals surface area contributed by atoms with Gasteiger partial charge in [0.25, 0.3) is 0 Å². The summed E-state index contributed by atoms with van der Waals surface area (Å²) in [6, 6.07) is 5.32. The minimum absolute atomic E-state index is 0.142. The van der Waals surface area contributed by atoms with Gasteiger partial charge in [-0.2, -0.15) is 10.4 Å². The van der Waals surface area contributed by atoms with Crippen LogP contribution in [0, 0.1) is 11.3 Å². The maximum Gasteiger partial charge on any atom is 0.309 e. The first-order valence-corrected chi connectivity index (χ1v) is 6.00. The number of aliphatic carboxylic acids is 1. The number of carboxylic acids is 1. The molecule has 7 heteroatoms. The second-order valence-electron chi connectivity index (χ2n) is 4.15. The van der Waals surface area contributed by atoms with Gasteiger partial charge in [-0.05, 0) is 19.1 Å². The highest BCUT2D eigenvalue weighted by atomic mass is 16.4. The fourth-order valence-electron chi connectivity index (χ4n) is 1.85. The Morgan fingerprint density at radius 2 is 2.30 bits per heavy atom. The Balaban J connectivity index is 2.42. The number of rotatable bonds is 4. The number of nitriles is 1. The van der Waals surface area contributed by atoms with Gasteiger partial charge in [0.1, 0.15) is 23.1 Å². The topological polar surface area (TPSA) is 118 Å². The zero-order chi connectivity index (χ0) is 14.7. The molecule has 0 aliphatic heterocycles. The van der Waals surface area contributed by atoms with Gasteiger partial charge in [0.2, 0.25) is 0 Å². The molecule has 0 bridgehead atoms. The second-order valence-corrected chi connectivity index (χ2v) is 4.15. The van der Waals surface area contributed by atoms with Crippen molar-refractivity contribution in [1.29, 1.82) is 5.26 Å². The van der Waals surface area contributed by atoms with Gasteiger partial charge in [-0.1, -0.05) is 0 Å². The van der Waals surface area contributed by atoms with Crippen LogP contribution in [0.5, 0.6) is 0 Å². The van der Waals surface area contributed by atoms with Gasteiger partial charge in [-0.3, -0.25) is 9.78 Å². The van der Waals surface area contributed by atoms with Crippen molar-refractivity contribution >= 4 is 11.8 Å². The number of aromatic nitrogens is 3. The molecule has 2 aromatic rings.